The van der Waals surface area contributed by atoms with Crippen LogP contribution < -0.4 is 0 Å². The van der Waals surface area contributed by atoms with Crippen LogP contribution in [0.3, 0.4) is 0 Å². The van der Waals surface area contributed by atoms with E-state index in [2.05, 4.69) is 46.4 Å². The Morgan fingerprint density at radius 2 is 0.765 bits per heavy atom. The Balaban J connectivity index is 5.28. The van der Waals surface area contributed by atoms with Crippen LogP contribution in [-0.2, 0) is 23.9 Å². The summed E-state index contributed by atoms with van der Waals surface area (Å²) in [6.45, 7) is 17.1. The molecule has 0 bridgehead atoms. The highest BCUT2D eigenvalue weighted by atomic mass is 16.5. The maximum absolute atomic E-state index is 13.5. The van der Waals surface area contributed by atoms with Crippen LogP contribution in [0.5, 0.6) is 0 Å². The van der Waals surface area contributed by atoms with Crippen molar-refractivity contribution in [3.8, 4) is 0 Å². The standard InChI is InChI=1S/C44H86N2O5/c1-7-13-17-21-23-27-32-40(30-25-19-15-9-3)43(48)50-38-36-46(42(47)34-29-35-45(11-5)12-6)37-39-51-44(49)41(31-26-20-16-10-4)33-28-24-22-18-14-8-2/h40-41H,7-39H2,1-6H3. The molecule has 0 aliphatic heterocycles. The van der Waals surface area contributed by atoms with E-state index in [-0.39, 0.29) is 42.9 Å². The van der Waals surface area contributed by atoms with E-state index in [9.17, 15) is 14.4 Å². The summed E-state index contributed by atoms with van der Waals surface area (Å²) in [5, 5.41) is 0. The third kappa shape index (κ3) is 28.5. The van der Waals surface area contributed by atoms with Gasteiger partial charge in [-0.1, -0.05) is 170 Å². The van der Waals surface area contributed by atoms with Crippen LogP contribution in [-0.4, -0.2) is 73.6 Å². The number of hydrogen-bond donors (Lipinski definition) is 0. The Morgan fingerprint density at radius 3 is 1.12 bits per heavy atom. The Kier molecular flexibility index (Phi) is 35.5. The zero-order chi connectivity index (χ0) is 37.8. The third-order valence-electron chi connectivity index (χ3n) is 10.6. The molecule has 7 heteroatoms. The summed E-state index contributed by atoms with van der Waals surface area (Å²) >= 11 is 0. The number of rotatable bonds is 38. The molecule has 0 aromatic heterocycles. The summed E-state index contributed by atoms with van der Waals surface area (Å²) in [5.74, 6) is -0.302. The molecule has 0 fully saturated rings. The summed E-state index contributed by atoms with van der Waals surface area (Å²) < 4.78 is 11.8. The second kappa shape index (κ2) is 36.7. The van der Waals surface area contributed by atoms with Crippen molar-refractivity contribution in [1.82, 2.24) is 9.80 Å². The van der Waals surface area contributed by atoms with Gasteiger partial charge in [-0.05, 0) is 51.7 Å². The van der Waals surface area contributed by atoms with Gasteiger partial charge in [0.15, 0.2) is 0 Å². The lowest BCUT2D eigenvalue weighted by Crippen LogP contribution is -2.38. The first kappa shape index (κ1) is 49.4. The fraction of sp³-hybridized carbons (Fsp3) is 0.932. The van der Waals surface area contributed by atoms with Gasteiger partial charge in [-0.2, -0.15) is 0 Å². The molecule has 0 aromatic rings. The van der Waals surface area contributed by atoms with Gasteiger partial charge >= 0.3 is 11.9 Å². The first-order chi connectivity index (χ1) is 24.9. The van der Waals surface area contributed by atoms with E-state index in [1.165, 1.54) is 89.9 Å². The number of nitrogens with zero attached hydrogens (tertiary/aromatic N) is 2. The average Bonchev–Trinajstić information content (AvgIpc) is 3.13. The minimum absolute atomic E-state index is 0.0423. The summed E-state index contributed by atoms with van der Waals surface area (Å²) in [4.78, 5) is 44.1. The minimum atomic E-state index is -0.110. The maximum Gasteiger partial charge on any atom is 0.308 e. The molecule has 0 N–H and O–H groups in total. The van der Waals surface area contributed by atoms with Gasteiger partial charge in [0.05, 0.1) is 24.9 Å². The number of unbranched alkanes of at least 4 members (excludes halogenated alkanes) is 16. The normalized spacial score (nSPS) is 12.6. The van der Waals surface area contributed by atoms with Crippen molar-refractivity contribution in [3.63, 3.8) is 0 Å². The highest BCUT2D eigenvalue weighted by Gasteiger charge is 2.23. The molecule has 0 saturated carbocycles. The second-order valence-electron chi connectivity index (χ2n) is 15.1. The molecule has 0 spiro atoms. The number of amides is 1. The highest BCUT2D eigenvalue weighted by Crippen LogP contribution is 2.22. The molecule has 0 rings (SSSR count). The van der Waals surface area contributed by atoms with Gasteiger partial charge in [-0.3, -0.25) is 14.4 Å². The molecule has 0 aliphatic rings. The molecule has 0 aliphatic carbocycles. The van der Waals surface area contributed by atoms with E-state index in [1.807, 2.05) is 0 Å². The Labute approximate surface area is 317 Å². The van der Waals surface area contributed by atoms with Gasteiger partial charge in [0.1, 0.15) is 13.2 Å². The molecule has 0 aromatic carbocycles. The predicted octanol–water partition coefficient (Wildman–Crippen LogP) is 11.7. The lowest BCUT2D eigenvalue weighted by Gasteiger charge is -2.25. The quantitative estimate of drug-likeness (QED) is 0.0466. The molecular formula is C44H86N2O5. The van der Waals surface area contributed by atoms with E-state index in [0.29, 0.717) is 19.5 Å². The summed E-state index contributed by atoms with van der Waals surface area (Å²) in [5.41, 5.74) is 0. The monoisotopic (exact) mass is 723 g/mol. The van der Waals surface area contributed by atoms with Crippen LogP contribution in [0.4, 0.5) is 0 Å². The molecule has 1 amide bonds. The predicted molar refractivity (Wildman–Crippen MR) is 216 cm³/mol. The number of ether oxygens (including phenoxy) is 2. The van der Waals surface area contributed by atoms with E-state index in [4.69, 9.17) is 9.47 Å². The van der Waals surface area contributed by atoms with Crippen molar-refractivity contribution in [2.24, 2.45) is 11.8 Å². The third-order valence-corrected chi connectivity index (χ3v) is 10.6. The van der Waals surface area contributed by atoms with Crippen molar-refractivity contribution in [2.75, 3.05) is 45.9 Å². The van der Waals surface area contributed by atoms with Gasteiger partial charge in [0.25, 0.3) is 0 Å². The largest absolute Gasteiger partial charge is 0.464 e. The first-order valence-electron chi connectivity index (χ1n) is 22.2. The van der Waals surface area contributed by atoms with Crippen molar-refractivity contribution >= 4 is 17.8 Å². The fourth-order valence-corrected chi connectivity index (χ4v) is 7.00. The summed E-state index contributed by atoms with van der Waals surface area (Å²) in [7, 11) is 0. The molecule has 0 heterocycles. The molecular weight excluding hydrogens is 636 g/mol. The average molecular weight is 723 g/mol. The van der Waals surface area contributed by atoms with Crippen LogP contribution in [0.1, 0.15) is 208 Å². The Morgan fingerprint density at radius 1 is 0.431 bits per heavy atom. The van der Waals surface area contributed by atoms with Crippen molar-refractivity contribution in [3.05, 3.63) is 0 Å². The zero-order valence-corrected chi connectivity index (χ0v) is 34.9. The van der Waals surface area contributed by atoms with Crippen molar-refractivity contribution in [2.45, 2.75) is 208 Å². The van der Waals surface area contributed by atoms with Crippen molar-refractivity contribution < 1.29 is 23.9 Å². The Bertz CT molecular complexity index is 752. The van der Waals surface area contributed by atoms with Crippen molar-refractivity contribution in [1.29, 1.82) is 0 Å². The van der Waals surface area contributed by atoms with Crippen LogP contribution in [0.15, 0.2) is 0 Å². The van der Waals surface area contributed by atoms with E-state index < -0.39 is 0 Å². The summed E-state index contributed by atoms with van der Waals surface area (Å²) in [6, 6.07) is 0. The lowest BCUT2D eigenvalue weighted by atomic mass is 9.94. The smallest absolute Gasteiger partial charge is 0.308 e. The van der Waals surface area contributed by atoms with Crippen LogP contribution in [0, 0.1) is 11.8 Å². The molecule has 51 heavy (non-hydrogen) atoms. The molecule has 0 radical (unpaired) electrons. The molecule has 302 valence electrons. The fourth-order valence-electron chi connectivity index (χ4n) is 7.00. The molecule has 7 nitrogen and oxygen atoms in total. The van der Waals surface area contributed by atoms with Gasteiger partial charge in [0, 0.05) is 6.42 Å². The van der Waals surface area contributed by atoms with Gasteiger partial charge in [-0.25, -0.2) is 0 Å². The van der Waals surface area contributed by atoms with Crippen LogP contribution >= 0.6 is 0 Å². The van der Waals surface area contributed by atoms with Gasteiger partial charge in [-0.15, -0.1) is 0 Å². The number of esters is 2. The van der Waals surface area contributed by atoms with Crippen LogP contribution in [0.2, 0.25) is 0 Å². The maximum atomic E-state index is 13.5. The van der Waals surface area contributed by atoms with E-state index >= 15 is 0 Å². The number of hydrogen-bond acceptors (Lipinski definition) is 6. The van der Waals surface area contributed by atoms with Crippen LogP contribution in [0.25, 0.3) is 0 Å². The Hall–Kier alpha value is -1.63. The second-order valence-corrected chi connectivity index (χ2v) is 15.1. The van der Waals surface area contributed by atoms with Gasteiger partial charge in [0.2, 0.25) is 5.91 Å². The highest BCUT2D eigenvalue weighted by molar-refractivity contribution is 5.76. The number of carbonyl (C=O) groups is 3. The lowest BCUT2D eigenvalue weighted by molar-refractivity contribution is -0.152. The topological polar surface area (TPSA) is 76.1 Å². The number of carbonyl (C=O) groups excluding carboxylic acids is 3. The minimum Gasteiger partial charge on any atom is -0.464 e. The van der Waals surface area contributed by atoms with E-state index in [0.717, 1.165) is 90.3 Å². The molecule has 2 unspecified atom stereocenters. The van der Waals surface area contributed by atoms with Gasteiger partial charge < -0.3 is 19.3 Å². The first-order valence-corrected chi connectivity index (χ1v) is 22.2. The molecule has 2 atom stereocenters. The summed E-state index contributed by atoms with van der Waals surface area (Å²) in [6.07, 6.45) is 28.5. The molecule has 0 saturated heterocycles. The van der Waals surface area contributed by atoms with E-state index in [1.54, 1.807) is 4.90 Å². The zero-order valence-electron chi connectivity index (χ0n) is 34.9. The SMILES string of the molecule is CCCCCCCCC(CCCCCC)C(=O)OCCN(CCOC(=O)C(CCCCCC)CCCCCCCC)C(=O)CCCN(CC)CC.